The lowest BCUT2D eigenvalue weighted by atomic mass is 9.89. The van der Waals surface area contributed by atoms with Crippen LogP contribution in [0.15, 0.2) is 72.8 Å². The van der Waals surface area contributed by atoms with Crippen molar-refractivity contribution in [1.82, 2.24) is 10.2 Å². The van der Waals surface area contributed by atoms with Crippen molar-refractivity contribution in [3.63, 3.8) is 0 Å². The Morgan fingerprint density at radius 3 is 2.24 bits per heavy atom. The van der Waals surface area contributed by atoms with Gasteiger partial charge in [-0.05, 0) is 60.7 Å². The van der Waals surface area contributed by atoms with Crippen LogP contribution in [-0.4, -0.2) is 53.7 Å². The van der Waals surface area contributed by atoms with E-state index in [0.29, 0.717) is 6.54 Å². The molecular weight excluding hydrogens is 580 g/mol. The standard InChI is InChI=1S/C38H48N2O6/c1-26-35(24-40-21-9-5-4-6-10-22-40)45-38(46-36(26)31-15-13-29(25-41)14-16-31)32-19-17-30(18-20-32)34-12-8-7-11-33(34)23-39-37(43)27(2)44-28(3)42/h7-8,11-20,26-27,35-36,38,41H,4-6,9-10,21-25H2,1-3H3,(H,39,43)/t26-,27-,35+,36+,38+/m0/s1. The summed E-state index contributed by atoms with van der Waals surface area (Å²) in [4.78, 5) is 26.3. The molecule has 0 spiro atoms. The van der Waals surface area contributed by atoms with Gasteiger partial charge in [0, 0.05) is 31.5 Å². The molecule has 46 heavy (non-hydrogen) atoms. The number of carbonyl (C=O) groups is 2. The third-order valence-corrected chi connectivity index (χ3v) is 9.19. The van der Waals surface area contributed by atoms with Crippen molar-refractivity contribution in [1.29, 1.82) is 0 Å². The number of carbonyl (C=O) groups excluding carboxylic acids is 2. The lowest BCUT2D eigenvalue weighted by molar-refractivity contribution is -0.276. The van der Waals surface area contributed by atoms with Crippen molar-refractivity contribution in [3.8, 4) is 11.1 Å². The number of amides is 1. The number of aliphatic hydroxyl groups is 1. The second-order valence-electron chi connectivity index (χ2n) is 12.6. The fourth-order valence-corrected chi connectivity index (χ4v) is 6.48. The molecule has 2 aliphatic heterocycles. The number of benzene rings is 3. The predicted octanol–water partition coefficient (Wildman–Crippen LogP) is 6.47. The molecule has 8 heteroatoms. The van der Waals surface area contributed by atoms with Gasteiger partial charge in [0.1, 0.15) is 0 Å². The fourth-order valence-electron chi connectivity index (χ4n) is 6.48. The van der Waals surface area contributed by atoms with E-state index in [0.717, 1.165) is 53.0 Å². The van der Waals surface area contributed by atoms with Crippen molar-refractivity contribution in [2.45, 2.75) is 90.6 Å². The third kappa shape index (κ3) is 8.82. The zero-order chi connectivity index (χ0) is 32.5. The Hall–Kier alpha value is -3.56. The Kier molecular flexibility index (Phi) is 12.0. The molecule has 2 aliphatic rings. The molecule has 0 radical (unpaired) electrons. The number of aliphatic hydroxyl groups excluding tert-OH is 1. The second kappa shape index (κ2) is 16.3. The Labute approximate surface area is 273 Å². The van der Waals surface area contributed by atoms with Crippen LogP contribution in [0.2, 0.25) is 0 Å². The van der Waals surface area contributed by atoms with Gasteiger partial charge in [-0.25, -0.2) is 0 Å². The van der Waals surface area contributed by atoms with Gasteiger partial charge in [0.05, 0.1) is 18.8 Å². The minimum Gasteiger partial charge on any atom is -0.453 e. The molecule has 2 fully saturated rings. The summed E-state index contributed by atoms with van der Waals surface area (Å²) in [7, 11) is 0. The van der Waals surface area contributed by atoms with Crippen LogP contribution in [0.1, 0.15) is 87.5 Å². The van der Waals surface area contributed by atoms with Gasteiger partial charge in [0.25, 0.3) is 5.91 Å². The van der Waals surface area contributed by atoms with Gasteiger partial charge in [0.15, 0.2) is 12.4 Å². The highest BCUT2D eigenvalue weighted by atomic mass is 16.7. The SMILES string of the molecule is CC(=O)O[C@@H](C)C(=O)NCc1ccccc1-c1ccc([C@@H]2O[C@H](CN3CCCCCCC3)[C@H](C)[C@H](c3ccc(CO)cc3)O2)cc1. The molecule has 1 amide bonds. The molecule has 0 unspecified atom stereocenters. The molecule has 5 rings (SSSR count). The van der Waals surface area contributed by atoms with Crippen LogP contribution < -0.4 is 5.32 Å². The first-order valence-corrected chi connectivity index (χ1v) is 16.7. The summed E-state index contributed by atoms with van der Waals surface area (Å²) in [6.07, 6.45) is 4.84. The number of hydrogen-bond donors (Lipinski definition) is 2. The molecule has 0 saturated carbocycles. The number of rotatable bonds is 10. The largest absolute Gasteiger partial charge is 0.453 e. The zero-order valence-electron chi connectivity index (χ0n) is 27.3. The molecule has 0 aromatic heterocycles. The topological polar surface area (TPSA) is 97.3 Å². The van der Waals surface area contributed by atoms with E-state index in [9.17, 15) is 14.7 Å². The van der Waals surface area contributed by atoms with Crippen molar-refractivity contribution in [2.24, 2.45) is 5.92 Å². The van der Waals surface area contributed by atoms with Crippen LogP contribution in [0.25, 0.3) is 11.1 Å². The van der Waals surface area contributed by atoms with E-state index in [4.69, 9.17) is 14.2 Å². The molecule has 246 valence electrons. The van der Waals surface area contributed by atoms with Gasteiger partial charge in [-0.1, -0.05) is 99.0 Å². The van der Waals surface area contributed by atoms with E-state index in [2.05, 4.69) is 53.5 Å². The molecule has 3 aromatic carbocycles. The van der Waals surface area contributed by atoms with Crippen molar-refractivity contribution < 1.29 is 28.9 Å². The van der Waals surface area contributed by atoms with Crippen molar-refractivity contribution in [2.75, 3.05) is 19.6 Å². The highest BCUT2D eigenvalue weighted by Gasteiger charge is 2.39. The van der Waals surface area contributed by atoms with Gasteiger partial charge in [-0.3, -0.25) is 9.59 Å². The second-order valence-corrected chi connectivity index (χ2v) is 12.6. The van der Waals surface area contributed by atoms with Crippen molar-refractivity contribution in [3.05, 3.63) is 95.1 Å². The summed E-state index contributed by atoms with van der Waals surface area (Å²) in [5.41, 5.74) is 5.89. The number of nitrogens with zero attached hydrogens (tertiary/aromatic N) is 1. The van der Waals surface area contributed by atoms with Crippen LogP contribution in [0.4, 0.5) is 0 Å². The molecule has 2 heterocycles. The summed E-state index contributed by atoms with van der Waals surface area (Å²) in [6.45, 7) is 8.48. The number of esters is 1. The molecule has 8 nitrogen and oxygen atoms in total. The van der Waals surface area contributed by atoms with Crippen LogP contribution in [0, 0.1) is 5.92 Å². The first kappa shape index (κ1) is 33.8. The molecule has 0 aliphatic carbocycles. The van der Waals surface area contributed by atoms with E-state index in [1.807, 2.05) is 36.4 Å². The minimum absolute atomic E-state index is 0.000850. The van der Waals surface area contributed by atoms with Gasteiger partial charge >= 0.3 is 5.97 Å². The number of likely N-dealkylation sites (tertiary alicyclic amines) is 1. The number of ether oxygens (including phenoxy) is 3. The third-order valence-electron chi connectivity index (χ3n) is 9.19. The molecule has 3 aromatic rings. The smallest absolute Gasteiger partial charge is 0.303 e. The van der Waals surface area contributed by atoms with Gasteiger partial charge in [-0.2, -0.15) is 0 Å². The lowest BCUT2D eigenvalue weighted by Gasteiger charge is -2.43. The van der Waals surface area contributed by atoms with E-state index in [-0.39, 0.29) is 30.6 Å². The first-order chi connectivity index (χ1) is 22.3. The van der Waals surface area contributed by atoms with Gasteiger partial charge in [-0.15, -0.1) is 0 Å². The summed E-state index contributed by atoms with van der Waals surface area (Å²) in [5.74, 6) is -0.684. The maximum absolute atomic E-state index is 12.5. The molecule has 5 atom stereocenters. The van der Waals surface area contributed by atoms with Crippen LogP contribution >= 0.6 is 0 Å². The first-order valence-electron chi connectivity index (χ1n) is 16.7. The molecule has 0 bridgehead atoms. The van der Waals surface area contributed by atoms with E-state index < -0.39 is 18.4 Å². The Morgan fingerprint density at radius 1 is 0.913 bits per heavy atom. The fraction of sp³-hybridized carbons (Fsp3) is 0.474. The highest BCUT2D eigenvalue weighted by molar-refractivity contribution is 5.83. The molecule has 2 N–H and O–H groups in total. The maximum Gasteiger partial charge on any atom is 0.303 e. The summed E-state index contributed by atoms with van der Waals surface area (Å²) in [5, 5.41) is 12.5. The van der Waals surface area contributed by atoms with E-state index in [1.54, 1.807) is 6.92 Å². The predicted molar refractivity (Wildman–Crippen MR) is 177 cm³/mol. The average Bonchev–Trinajstić information content (AvgIpc) is 3.05. The number of hydrogen-bond acceptors (Lipinski definition) is 7. The normalized spacial score (nSPS) is 23.1. The molecule has 2 saturated heterocycles. The van der Waals surface area contributed by atoms with Gasteiger partial charge in [0.2, 0.25) is 0 Å². The number of nitrogens with one attached hydrogen (secondary N) is 1. The monoisotopic (exact) mass is 628 g/mol. The Bertz CT molecular complexity index is 1420. The van der Waals surface area contributed by atoms with E-state index >= 15 is 0 Å². The Morgan fingerprint density at radius 2 is 1.57 bits per heavy atom. The summed E-state index contributed by atoms with van der Waals surface area (Å²) < 4.78 is 18.5. The zero-order valence-corrected chi connectivity index (χ0v) is 27.3. The average molecular weight is 629 g/mol. The quantitative estimate of drug-likeness (QED) is 0.249. The van der Waals surface area contributed by atoms with Crippen LogP contribution in [0.3, 0.4) is 0 Å². The van der Waals surface area contributed by atoms with E-state index in [1.165, 1.54) is 39.0 Å². The van der Waals surface area contributed by atoms with Gasteiger partial charge < -0.3 is 29.5 Å². The highest BCUT2D eigenvalue weighted by Crippen LogP contribution is 2.42. The Balaban J connectivity index is 1.34. The maximum atomic E-state index is 12.5. The minimum atomic E-state index is -0.855. The summed E-state index contributed by atoms with van der Waals surface area (Å²) in [6, 6.07) is 24.3. The van der Waals surface area contributed by atoms with Crippen LogP contribution in [0.5, 0.6) is 0 Å². The molecular formula is C38H48N2O6. The lowest BCUT2D eigenvalue weighted by Crippen LogP contribution is -2.45. The van der Waals surface area contributed by atoms with Crippen LogP contribution in [-0.2, 0) is 37.0 Å². The summed E-state index contributed by atoms with van der Waals surface area (Å²) >= 11 is 0. The van der Waals surface area contributed by atoms with Crippen molar-refractivity contribution >= 4 is 11.9 Å².